The molecule has 13 heteroatoms. The van der Waals surface area contributed by atoms with E-state index >= 15 is 0 Å². The number of hydrazine groups is 1. The van der Waals surface area contributed by atoms with Crippen LogP contribution in [0.1, 0.15) is 44.7 Å². The number of carbonyl (C=O) groups is 2. The second-order valence-electron chi connectivity index (χ2n) is 9.81. The minimum atomic E-state index is -4.65. The summed E-state index contributed by atoms with van der Waals surface area (Å²) >= 11 is 0. The molecule has 5 rings (SSSR count). The largest absolute Gasteiger partial charge is 0.402 e. The summed E-state index contributed by atoms with van der Waals surface area (Å²) in [6.45, 7) is -1.79. The van der Waals surface area contributed by atoms with E-state index in [0.29, 0.717) is 30.0 Å². The fraction of sp³-hybridized carbons (Fsp3) is 0.417. The summed E-state index contributed by atoms with van der Waals surface area (Å²) in [5.41, 5.74) is 5.73. The fourth-order valence-corrected chi connectivity index (χ4v) is 7.55. The van der Waals surface area contributed by atoms with Crippen molar-refractivity contribution in [3.63, 3.8) is 0 Å². The molecule has 3 aliphatic rings. The molecule has 2 fully saturated rings. The number of alkyl halides is 3. The third kappa shape index (κ3) is 4.94. The van der Waals surface area contributed by atoms with E-state index in [1.165, 1.54) is 12.1 Å². The van der Waals surface area contributed by atoms with Crippen LogP contribution in [0.5, 0.6) is 0 Å². The molecule has 0 aromatic heterocycles. The number of benzene rings is 2. The molecule has 1 saturated carbocycles. The first kappa shape index (κ1) is 25.6. The zero-order valence-electron chi connectivity index (χ0n) is 19.4. The summed E-state index contributed by atoms with van der Waals surface area (Å²) in [4.78, 5) is 24.9. The van der Waals surface area contributed by atoms with Gasteiger partial charge < -0.3 is 0 Å². The minimum absolute atomic E-state index is 0.156. The molecule has 2 aliphatic carbocycles. The summed E-state index contributed by atoms with van der Waals surface area (Å²) < 4.78 is 80.5. The highest BCUT2D eigenvalue weighted by atomic mass is 32.2. The van der Waals surface area contributed by atoms with E-state index in [0.717, 1.165) is 23.3 Å². The normalized spacial score (nSPS) is 26.5. The van der Waals surface area contributed by atoms with Crippen LogP contribution in [0.2, 0.25) is 0 Å². The second kappa shape index (κ2) is 9.07. The monoisotopic (exact) mass is 540 g/mol. The smallest absolute Gasteiger partial charge is 0.267 e. The van der Waals surface area contributed by atoms with Gasteiger partial charge in [-0.3, -0.25) is 20.4 Å². The first-order valence-corrected chi connectivity index (χ1v) is 13.1. The predicted octanol–water partition coefficient (Wildman–Crippen LogP) is 2.48. The van der Waals surface area contributed by atoms with Gasteiger partial charge in [0.1, 0.15) is 12.4 Å². The Bertz CT molecular complexity index is 1350. The molecule has 0 radical (unpaired) electrons. The van der Waals surface area contributed by atoms with Crippen LogP contribution in [0.4, 0.5) is 17.6 Å². The van der Waals surface area contributed by atoms with Crippen LogP contribution in [0, 0.1) is 17.7 Å². The number of nitrogens with one attached hydrogen (secondary N) is 3. The van der Waals surface area contributed by atoms with Gasteiger partial charge in [-0.2, -0.15) is 30.6 Å². The molecule has 1 spiro atoms. The number of fused-ring (bicyclic) bond motifs is 1. The van der Waals surface area contributed by atoms with Gasteiger partial charge in [-0.1, -0.05) is 6.07 Å². The Morgan fingerprint density at radius 2 is 1.51 bits per heavy atom. The molecular formula is C24H24F4N4O4S. The lowest BCUT2D eigenvalue weighted by Gasteiger charge is -2.33. The molecule has 1 saturated heterocycles. The van der Waals surface area contributed by atoms with Crippen molar-refractivity contribution in [2.45, 2.75) is 37.4 Å². The Kier molecular flexibility index (Phi) is 6.28. The lowest BCUT2D eigenvalue weighted by Crippen LogP contribution is -2.52. The summed E-state index contributed by atoms with van der Waals surface area (Å²) in [6, 6.07) is 9.80. The van der Waals surface area contributed by atoms with E-state index in [2.05, 4.69) is 15.6 Å². The molecule has 2 amide bonds. The van der Waals surface area contributed by atoms with Crippen molar-refractivity contribution >= 4 is 22.0 Å². The van der Waals surface area contributed by atoms with Crippen LogP contribution in [0.25, 0.3) is 0 Å². The summed E-state index contributed by atoms with van der Waals surface area (Å²) in [6.07, 6.45) is -2.45. The van der Waals surface area contributed by atoms with Crippen LogP contribution in [0.15, 0.2) is 42.5 Å². The van der Waals surface area contributed by atoms with Gasteiger partial charge in [0.2, 0.25) is 0 Å². The molecule has 37 heavy (non-hydrogen) atoms. The number of rotatable bonds is 3. The lowest BCUT2D eigenvalue weighted by molar-refractivity contribution is -0.136. The SMILES string of the molecule is O=C(NNC(=O)c1ccc2c(c1)C[C@H]1CC[C@@H](C2)[C@]12CN(CC(F)(F)F)S(=O)(=O)N2)c1ccc(F)cc1. The van der Waals surface area contributed by atoms with Gasteiger partial charge in [0, 0.05) is 17.7 Å². The van der Waals surface area contributed by atoms with Crippen LogP contribution >= 0.6 is 0 Å². The number of hydrogen-bond donors (Lipinski definition) is 3. The third-order valence-corrected chi connectivity index (χ3v) is 9.15. The Balaban J connectivity index is 1.31. The standard InChI is InChI=1S/C24H24F4N4O4S/c25-20-7-3-14(4-8-20)21(33)29-30-22(34)16-2-1-15-10-18-5-6-19(11-17(15)9-16)23(18)12-32(13-24(26,27)28)37(35,36)31-23/h1-4,7-9,18-19,31H,5-6,10-13H2,(H,29,33)(H,30,34)/t18-,19+,23+/m0/s1. The highest BCUT2D eigenvalue weighted by molar-refractivity contribution is 7.87. The molecule has 198 valence electrons. The highest BCUT2D eigenvalue weighted by Gasteiger charge is 2.60. The number of nitrogens with zero attached hydrogens (tertiary/aromatic N) is 1. The maximum Gasteiger partial charge on any atom is 0.402 e. The van der Waals surface area contributed by atoms with Gasteiger partial charge in [-0.25, -0.2) is 4.39 Å². The highest BCUT2D eigenvalue weighted by Crippen LogP contribution is 2.50. The zero-order valence-corrected chi connectivity index (χ0v) is 20.3. The number of halogens is 4. The quantitative estimate of drug-likeness (QED) is 0.411. The minimum Gasteiger partial charge on any atom is -0.267 e. The fourth-order valence-electron chi connectivity index (χ4n) is 5.85. The second-order valence-corrected chi connectivity index (χ2v) is 11.5. The average Bonchev–Trinajstić information content (AvgIpc) is 3.20. The summed E-state index contributed by atoms with van der Waals surface area (Å²) in [7, 11) is -4.28. The third-order valence-electron chi connectivity index (χ3n) is 7.57. The average molecular weight is 541 g/mol. The van der Waals surface area contributed by atoms with Crippen LogP contribution in [-0.4, -0.2) is 49.3 Å². The Labute approximate surface area is 210 Å². The van der Waals surface area contributed by atoms with E-state index in [1.807, 2.05) is 0 Å². The van der Waals surface area contributed by atoms with E-state index in [9.17, 15) is 35.6 Å². The molecule has 0 unspecified atom stereocenters. The molecule has 8 nitrogen and oxygen atoms in total. The van der Waals surface area contributed by atoms with Gasteiger partial charge in [-0.05, 0) is 85.0 Å². The molecule has 2 aromatic rings. The molecule has 1 aliphatic heterocycles. The van der Waals surface area contributed by atoms with Crippen molar-refractivity contribution in [1.82, 2.24) is 19.9 Å². The van der Waals surface area contributed by atoms with Crippen molar-refractivity contribution in [3.8, 4) is 0 Å². The van der Waals surface area contributed by atoms with Gasteiger partial charge in [0.15, 0.2) is 0 Å². The van der Waals surface area contributed by atoms with Gasteiger partial charge in [-0.15, -0.1) is 0 Å². The molecule has 3 atom stereocenters. The first-order chi connectivity index (χ1) is 17.4. The molecule has 2 bridgehead atoms. The maximum absolute atomic E-state index is 13.0. The first-order valence-electron chi connectivity index (χ1n) is 11.7. The van der Waals surface area contributed by atoms with Gasteiger partial charge in [0.05, 0.1) is 5.54 Å². The van der Waals surface area contributed by atoms with Crippen LogP contribution < -0.4 is 15.6 Å². The molecule has 2 aromatic carbocycles. The van der Waals surface area contributed by atoms with Crippen molar-refractivity contribution in [1.29, 1.82) is 0 Å². The Hall–Kier alpha value is -3.03. The summed E-state index contributed by atoms with van der Waals surface area (Å²) in [5.74, 6) is -2.12. The zero-order chi connectivity index (χ0) is 26.6. The van der Waals surface area contributed by atoms with Crippen LogP contribution in [0.3, 0.4) is 0 Å². The Morgan fingerprint density at radius 3 is 2.14 bits per heavy atom. The number of hydrogen-bond acceptors (Lipinski definition) is 4. The summed E-state index contributed by atoms with van der Waals surface area (Å²) in [5, 5.41) is 0. The molecular weight excluding hydrogens is 516 g/mol. The topological polar surface area (TPSA) is 108 Å². The maximum atomic E-state index is 13.0. The van der Waals surface area contributed by atoms with E-state index in [-0.39, 0.29) is 29.5 Å². The lowest BCUT2D eigenvalue weighted by atomic mass is 9.79. The van der Waals surface area contributed by atoms with E-state index in [1.54, 1.807) is 18.2 Å². The van der Waals surface area contributed by atoms with Crippen molar-refractivity contribution in [3.05, 3.63) is 70.5 Å². The molecule has 1 heterocycles. The number of amides is 2. The predicted molar refractivity (Wildman–Crippen MR) is 124 cm³/mol. The van der Waals surface area contributed by atoms with Crippen molar-refractivity contribution in [2.75, 3.05) is 13.1 Å². The van der Waals surface area contributed by atoms with Gasteiger partial charge >= 0.3 is 6.18 Å². The Morgan fingerprint density at radius 1 is 0.946 bits per heavy atom. The number of carbonyl (C=O) groups excluding carboxylic acids is 2. The van der Waals surface area contributed by atoms with E-state index in [4.69, 9.17) is 0 Å². The molecule has 3 N–H and O–H groups in total. The van der Waals surface area contributed by atoms with Crippen molar-refractivity contribution in [2.24, 2.45) is 11.8 Å². The van der Waals surface area contributed by atoms with E-state index < -0.39 is 46.1 Å². The van der Waals surface area contributed by atoms with Crippen molar-refractivity contribution < 1.29 is 35.6 Å². The van der Waals surface area contributed by atoms with Gasteiger partial charge in [0.25, 0.3) is 22.0 Å². The van der Waals surface area contributed by atoms with Crippen LogP contribution in [-0.2, 0) is 23.1 Å².